The summed E-state index contributed by atoms with van der Waals surface area (Å²) in [4.78, 5) is 22.6. The van der Waals surface area contributed by atoms with Crippen LogP contribution in [-0.2, 0) is 19.1 Å². The maximum Gasteiger partial charge on any atom is 0.352 e. The van der Waals surface area contributed by atoms with Crippen molar-refractivity contribution < 1.29 is 19.1 Å². The molecular formula is C12H13BrO4. The predicted molar refractivity (Wildman–Crippen MR) is 65.3 cm³/mol. The third-order valence-corrected chi connectivity index (χ3v) is 2.49. The molecule has 0 N–H and O–H groups in total. The highest BCUT2D eigenvalue weighted by molar-refractivity contribution is 9.10. The second kappa shape index (κ2) is 6.39. The van der Waals surface area contributed by atoms with E-state index in [2.05, 4.69) is 15.9 Å². The molecule has 0 aliphatic rings. The first kappa shape index (κ1) is 13.7. The van der Waals surface area contributed by atoms with Gasteiger partial charge < -0.3 is 9.47 Å². The molecule has 17 heavy (non-hydrogen) atoms. The van der Waals surface area contributed by atoms with Crippen LogP contribution in [-0.4, -0.2) is 18.5 Å². The Morgan fingerprint density at radius 1 is 1.29 bits per heavy atom. The molecule has 0 aliphatic heterocycles. The fraction of sp³-hybridized carbons (Fsp3) is 0.333. The number of rotatable bonds is 4. The summed E-state index contributed by atoms with van der Waals surface area (Å²) < 4.78 is 10.7. The zero-order chi connectivity index (χ0) is 12.8. The van der Waals surface area contributed by atoms with Gasteiger partial charge in [0.15, 0.2) is 0 Å². The summed E-state index contributed by atoms with van der Waals surface area (Å²) in [5, 5.41) is 0. The Kier molecular flexibility index (Phi) is 5.15. The fourth-order valence-corrected chi connectivity index (χ4v) is 1.54. The van der Waals surface area contributed by atoms with Crippen LogP contribution < -0.4 is 0 Å². The maximum absolute atomic E-state index is 11.7. The van der Waals surface area contributed by atoms with Crippen molar-refractivity contribution in [2.24, 2.45) is 0 Å². The molecule has 0 amide bonds. The summed E-state index contributed by atoms with van der Waals surface area (Å²) in [6.07, 6.45) is -0.999. The Morgan fingerprint density at radius 3 is 2.35 bits per heavy atom. The molecule has 0 saturated carbocycles. The minimum atomic E-state index is -0.999. The van der Waals surface area contributed by atoms with Crippen LogP contribution in [0.2, 0.25) is 0 Å². The zero-order valence-electron chi connectivity index (χ0n) is 9.60. The average molecular weight is 301 g/mol. The van der Waals surface area contributed by atoms with Gasteiger partial charge in [0.2, 0.25) is 6.10 Å². The third-order valence-electron chi connectivity index (χ3n) is 1.96. The van der Waals surface area contributed by atoms with Crippen molar-refractivity contribution in [1.82, 2.24) is 0 Å². The van der Waals surface area contributed by atoms with Gasteiger partial charge in [0.05, 0.1) is 6.61 Å². The van der Waals surface area contributed by atoms with E-state index in [1.807, 2.05) is 0 Å². The van der Waals surface area contributed by atoms with Gasteiger partial charge in [0, 0.05) is 17.0 Å². The van der Waals surface area contributed by atoms with Crippen molar-refractivity contribution >= 4 is 27.9 Å². The van der Waals surface area contributed by atoms with Crippen molar-refractivity contribution in [3.05, 3.63) is 34.3 Å². The highest BCUT2D eigenvalue weighted by Gasteiger charge is 2.24. The summed E-state index contributed by atoms with van der Waals surface area (Å²) in [5.41, 5.74) is 0.585. The summed E-state index contributed by atoms with van der Waals surface area (Å²) in [5.74, 6) is -1.09. The smallest absolute Gasteiger partial charge is 0.352 e. The van der Waals surface area contributed by atoms with E-state index in [-0.39, 0.29) is 6.61 Å². The third kappa shape index (κ3) is 4.19. The molecule has 0 bridgehead atoms. The van der Waals surface area contributed by atoms with Gasteiger partial charge in [-0.05, 0) is 19.1 Å². The van der Waals surface area contributed by atoms with Crippen LogP contribution in [0.3, 0.4) is 0 Å². The monoisotopic (exact) mass is 300 g/mol. The molecule has 0 saturated heterocycles. The second-order valence-electron chi connectivity index (χ2n) is 3.29. The first-order chi connectivity index (χ1) is 8.04. The van der Waals surface area contributed by atoms with Crippen LogP contribution in [0.1, 0.15) is 25.5 Å². The number of esters is 2. The molecular weight excluding hydrogens is 288 g/mol. The summed E-state index contributed by atoms with van der Waals surface area (Å²) in [7, 11) is 0. The van der Waals surface area contributed by atoms with Crippen LogP contribution in [0.15, 0.2) is 28.7 Å². The van der Waals surface area contributed by atoms with E-state index in [9.17, 15) is 9.59 Å². The number of benzene rings is 1. The van der Waals surface area contributed by atoms with E-state index in [1.54, 1.807) is 31.2 Å². The van der Waals surface area contributed by atoms with Crippen molar-refractivity contribution in [3.63, 3.8) is 0 Å². The second-order valence-corrected chi connectivity index (χ2v) is 4.21. The Balaban J connectivity index is 2.92. The molecule has 1 aromatic rings. The molecule has 1 rings (SSSR count). The lowest BCUT2D eigenvalue weighted by atomic mass is 10.1. The highest BCUT2D eigenvalue weighted by atomic mass is 79.9. The van der Waals surface area contributed by atoms with Gasteiger partial charge >= 0.3 is 11.9 Å². The number of carbonyl (C=O) groups is 2. The number of ether oxygens (including phenoxy) is 2. The normalized spacial score (nSPS) is 11.7. The highest BCUT2D eigenvalue weighted by Crippen LogP contribution is 2.21. The fourth-order valence-electron chi connectivity index (χ4n) is 1.27. The van der Waals surface area contributed by atoms with Crippen LogP contribution in [0.25, 0.3) is 0 Å². The number of halogens is 1. The van der Waals surface area contributed by atoms with E-state index < -0.39 is 18.0 Å². The zero-order valence-corrected chi connectivity index (χ0v) is 11.2. The molecule has 4 nitrogen and oxygen atoms in total. The van der Waals surface area contributed by atoms with E-state index in [0.29, 0.717) is 5.56 Å². The van der Waals surface area contributed by atoms with E-state index in [0.717, 1.165) is 4.47 Å². The lowest BCUT2D eigenvalue weighted by Crippen LogP contribution is -2.20. The molecule has 0 fully saturated rings. The first-order valence-corrected chi connectivity index (χ1v) is 5.93. The van der Waals surface area contributed by atoms with Crippen molar-refractivity contribution in [1.29, 1.82) is 0 Å². The Hall–Kier alpha value is -1.36. The minimum absolute atomic E-state index is 0.243. The molecule has 0 aromatic heterocycles. The molecule has 0 heterocycles. The van der Waals surface area contributed by atoms with Crippen LogP contribution >= 0.6 is 15.9 Å². The molecule has 5 heteroatoms. The number of hydrogen-bond donors (Lipinski definition) is 0. The molecule has 0 spiro atoms. The summed E-state index contributed by atoms with van der Waals surface area (Å²) in [6.45, 7) is 3.20. The molecule has 0 unspecified atom stereocenters. The number of carbonyl (C=O) groups excluding carboxylic acids is 2. The predicted octanol–water partition coefficient (Wildman–Crippen LogP) is 2.62. The standard InChI is InChI=1S/C12H13BrO4/c1-3-16-12(15)11(17-8(2)14)9-4-6-10(13)7-5-9/h4-7,11H,3H2,1-2H3/t11-/m0/s1. The van der Waals surface area contributed by atoms with Crippen LogP contribution in [0.4, 0.5) is 0 Å². The van der Waals surface area contributed by atoms with Gasteiger partial charge in [-0.3, -0.25) is 4.79 Å². The van der Waals surface area contributed by atoms with Gasteiger partial charge in [-0.25, -0.2) is 4.79 Å². The molecule has 0 aliphatic carbocycles. The van der Waals surface area contributed by atoms with Gasteiger partial charge in [0.25, 0.3) is 0 Å². The van der Waals surface area contributed by atoms with Crippen molar-refractivity contribution in [2.75, 3.05) is 6.61 Å². The lowest BCUT2D eigenvalue weighted by molar-refractivity contribution is -0.167. The van der Waals surface area contributed by atoms with Crippen molar-refractivity contribution in [2.45, 2.75) is 20.0 Å². The van der Waals surface area contributed by atoms with Crippen LogP contribution in [0, 0.1) is 0 Å². The topological polar surface area (TPSA) is 52.6 Å². The maximum atomic E-state index is 11.7. The van der Waals surface area contributed by atoms with Gasteiger partial charge in [-0.15, -0.1) is 0 Å². The minimum Gasteiger partial charge on any atom is -0.463 e. The van der Waals surface area contributed by atoms with Gasteiger partial charge in [-0.1, -0.05) is 28.1 Å². The molecule has 1 atom stereocenters. The molecule has 0 radical (unpaired) electrons. The average Bonchev–Trinajstić information content (AvgIpc) is 2.27. The van der Waals surface area contributed by atoms with E-state index >= 15 is 0 Å². The van der Waals surface area contributed by atoms with Gasteiger partial charge in [0.1, 0.15) is 0 Å². The lowest BCUT2D eigenvalue weighted by Gasteiger charge is -2.15. The largest absolute Gasteiger partial charge is 0.463 e. The van der Waals surface area contributed by atoms with E-state index in [1.165, 1.54) is 6.92 Å². The van der Waals surface area contributed by atoms with E-state index in [4.69, 9.17) is 9.47 Å². The SMILES string of the molecule is CCOC(=O)[C@@H](OC(C)=O)c1ccc(Br)cc1. The van der Waals surface area contributed by atoms with Crippen LogP contribution in [0.5, 0.6) is 0 Å². The molecule has 1 aromatic carbocycles. The van der Waals surface area contributed by atoms with Crippen molar-refractivity contribution in [3.8, 4) is 0 Å². The quantitative estimate of drug-likeness (QED) is 0.802. The van der Waals surface area contributed by atoms with Gasteiger partial charge in [-0.2, -0.15) is 0 Å². The Morgan fingerprint density at radius 2 is 1.88 bits per heavy atom. The Bertz CT molecular complexity index is 399. The Labute approximate surface area is 108 Å². The summed E-state index contributed by atoms with van der Waals surface area (Å²) >= 11 is 3.29. The summed E-state index contributed by atoms with van der Waals surface area (Å²) in [6, 6.07) is 6.94. The molecule has 92 valence electrons. The first-order valence-electron chi connectivity index (χ1n) is 5.14. The number of hydrogen-bond acceptors (Lipinski definition) is 4.